The van der Waals surface area contributed by atoms with E-state index in [0.29, 0.717) is 5.56 Å². The van der Waals surface area contributed by atoms with E-state index in [9.17, 15) is 25.0 Å². The van der Waals surface area contributed by atoms with Crippen molar-refractivity contribution < 1.29 is 19.4 Å². The van der Waals surface area contributed by atoms with E-state index in [1.165, 1.54) is 19.1 Å². The summed E-state index contributed by atoms with van der Waals surface area (Å²) in [5.41, 5.74) is -1.10. The van der Waals surface area contributed by atoms with E-state index in [4.69, 9.17) is 4.74 Å². The summed E-state index contributed by atoms with van der Waals surface area (Å²) >= 11 is 0. The third kappa shape index (κ3) is 3.98. The number of carbonyl (C=O) groups excluding carboxylic acids is 1. The first kappa shape index (κ1) is 16.5. The molecule has 0 N–H and O–H groups in total. The van der Waals surface area contributed by atoms with Crippen molar-refractivity contribution in [1.82, 2.24) is 0 Å². The van der Waals surface area contributed by atoms with Crippen molar-refractivity contribution in [3.8, 4) is 5.75 Å². The number of ketones is 1. The van der Waals surface area contributed by atoms with Gasteiger partial charge >= 0.3 is 11.4 Å². The summed E-state index contributed by atoms with van der Waals surface area (Å²) in [6, 6.07) is 2.48. The Morgan fingerprint density at radius 3 is 1.86 bits per heavy atom. The third-order valence-electron chi connectivity index (χ3n) is 2.73. The maximum atomic E-state index is 11.1. The molecule has 114 valence electrons. The molecule has 0 radical (unpaired) electrons. The monoisotopic (exact) mass is 296 g/mol. The van der Waals surface area contributed by atoms with Gasteiger partial charge in [-0.05, 0) is 17.9 Å². The molecule has 1 aromatic rings. The van der Waals surface area contributed by atoms with Crippen molar-refractivity contribution in [2.24, 2.45) is 0 Å². The maximum Gasteiger partial charge on any atom is 0.318 e. The minimum atomic E-state index is -0.752. The zero-order valence-corrected chi connectivity index (χ0v) is 12.2. The number of nitro groups is 2. The first-order valence-electron chi connectivity index (χ1n) is 6.13. The lowest BCUT2D eigenvalue weighted by Gasteiger charge is -2.19. The minimum Gasteiger partial charge on any atom is -0.474 e. The van der Waals surface area contributed by atoms with Crippen molar-refractivity contribution in [2.45, 2.75) is 33.1 Å². The molecule has 0 atom stereocenters. The van der Waals surface area contributed by atoms with Crippen LogP contribution >= 0.6 is 0 Å². The fraction of sp³-hybridized carbons (Fsp3) is 0.462. The van der Waals surface area contributed by atoms with E-state index in [1.54, 1.807) is 20.8 Å². The number of Topliss-reactive ketones (excluding diaryl/α,β-unsaturated/α-hetero) is 1. The number of nitrogens with zero attached hydrogens (tertiary/aromatic N) is 2. The third-order valence-corrected chi connectivity index (χ3v) is 2.73. The first-order chi connectivity index (χ1) is 9.54. The average Bonchev–Trinajstić information content (AvgIpc) is 2.33. The molecule has 0 heterocycles. The van der Waals surface area contributed by atoms with Gasteiger partial charge < -0.3 is 4.74 Å². The van der Waals surface area contributed by atoms with Crippen molar-refractivity contribution in [2.75, 3.05) is 6.61 Å². The normalized spacial score (nSPS) is 11.0. The minimum absolute atomic E-state index is 0.390. The summed E-state index contributed by atoms with van der Waals surface area (Å²) in [5, 5.41) is 22.3. The molecule has 0 aliphatic carbocycles. The first-order valence-corrected chi connectivity index (χ1v) is 6.13. The van der Waals surface area contributed by atoms with Crippen LogP contribution < -0.4 is 4.74 Å². The van der Waals surface area contributed by atoms with Crippen LogP contribution in [0.4, 0.5) is 11.4 Å². The van der Waals surface area contributed by atoms with Gasteiger partial charge in [-0.25, -0.2) is 0 Å². The lowest BCUT2D eigenvalue weighted by Crippen LogP contribution is -2.14. The second-order valence-electron chi connectivity index (χ2n) is 5.60. The summed E-state index contributed by atoms with van der Waals surface area (Å²) in [6.07, 6.45) is 0. The second-order valence-corrected chi connectivity index (χ2v) is 5.60. The predicted octanol–water partition coefficient (Wildman–Crippen LogP) is 2.77. The SMILES string of the molecule is CC(=O)COc1c([N+](=O)[O-])cc(C(C)(C)C)cc1[N+](=O)[O-]. The molecule has 0 aliphatic heterocycles. The fourth-order valence-corrected chi connectivity index (χ4v) is 1.62. The number of rotatable bonds is 5. The summed E-state index contributed by atoms with van der Waals surface area (Å²) in [5.74, 6) is -0.883. The van der Waals surface area contributed by atoms with Crippen molar-refractivity contribution in [3.05, 3.63) is 37.9 Å². The van der Waals surface area contributed by atoms with E-state index in [-0.39, 0.29) is 0 Å². The summed E-state index contributed by atoms with van der Waals surface area (Å²) in [6.45, 7) is 6.11. The van der Waals surface area contributed by atoms with Gasteiger partial charge in [0, 0.05) is 12.1 Å². The topological polar surface area (TPSA) is 113 Å². The molecule has 0 fully saturated rings. The van der Waals surface area contributed by atoms with E-state index in [1.807, 2.05) is 0 Å². The van der Waals surface area contributed by atoms with Crippen molar-refractivity contribution in [1.29, 1.82) is 0 Å². The van der Waals surface area contributed by atoms with Gasteiger partial charge in [0.1, 0.15) is 6.61 Å². The molecule has 1 aromatic carbocycles. The van der Waals surface area contributed by atoms with Gasteiger partial charge in [-0.2, -0.15) is 0 Å². The molecule has 0 saturated carbocycles. The van der Waals surface area contributed by atoms with Crippen LogP contribution in [-0.2, 0) is 10.2 Å². The summed E-state index contributed by atoms with van der Waals surface area (Å²) in [4.78, 5) is 31.7. The number of benzene rings is 1. The molecule has 0 aliphatic rings. The Morgan fingerprint density at radius 2 is 1.57 bits per heavy atom. The zero-order chi connectivity index (χ0) is 16.4. The van der Waals surface area contributed by atoms with Gasteiger partial charge in [0.05, 0.1) is 9.85 Å². The Bertz CT molecular complexity index is 568. The lowest BCUT2D eigenvalue weighted by molar-refractivity contribution is -0.396. The molecule has 0 spiro atoms. The molecule has 21 heavy (non-hydrogen) atoms. The molecule has 0 bridgehead atoms. The highest BCUT2D eigenvalue weighted by Gasteiger charge is 2.31. The number of hydrogen-bond acceptors (Lipinski definition) is 6. The van der Waals surface area contributed by atoms with Gasteiger partial charge in [0.2, 0.25) is 0 Å². The molecule has 8 nitrogen and oxygen atoms in total. The van der Waals surface area contributed by atoms with Crippen molar-refractivity contribution >= 4 is 17.2 Å². The number of carbonyl (C=O) groups is 1. The predicted molar refractivity (Wildman–Crippen MR) is 74.6 cm³/mol. The van der Waals surface area contributed by atoms with Crippen LogP contribution in [0.15, 0.2) is 12.1 Å². The van der Waals surface area contributed by atoms with Crippen LogP contribution in [0.5, 0.6) is 5.75 Å². The summed E-state index contributed by atoms with van der Waals surface area (Å²) in [7, 11) is 0. The average molecular weight is 296 g/mol. The molecular weight excluding hydrogens is 280 g/mol. The van der Waals surface area contributed by atoms with Gasteiger partial charge in [-0.3, -0.25) is 25.0 Å². The van der Waals surface area contributed by atoms with E-state index in [2.05, 4.69) is 0 Å². The number of ether oxygens (including phenoxy) is 1. The highest BCUT2D eigenvalue weighted by molar-refractivity contribution is 5.77. The largest absolute Gasteiger partial charge is 0.474 e. The van der Waals surface area contributed by atoms with E-state index in [0.717, 1.165) is 0 Å². The Labute approximate surface area is 121 Å². The van der Waals surface area contributed by atoms with Gasteiger partial charge in [-0.1, -0.05) is 20.8 Å². The molecule has 0 amide bonds. The van der Waals surface area contributed by atoms with Gasteiger partial charge in [0.15, 0.2) is 5.78 Å². The van der Waals surface area contributed by atoms with Crippen molar-refractivity contribution in [3.63, 3.8) is 0 Å². The zero-order valence-electron chi connectivity index (χ0n) is 12.2. The fourth-order valence-electron chi connectivity index (χ4n) is 1.62. The van der Waals surface area contributed by atoms with E-state index >= 15 is 0 Å². The quantitative estimate of drug-likeness (QED) is 0.609. The standard InChI is InChI=1S/C13H16N2O6/c1-8(16)7-21-12-10(14(17)18)5-9(13(2,3)4)6-11(12)15(19)20/h5-6H,7H2,1-4H3. The second kappa shape index (κ2) is 5.86. The lowest BCUT2D eigenvalue weighted by atomic mass is 9.86. The van der Waals surface area contributed by atoms with Crippen LogP contribution in [0.2, 0.25) is 0 Å². The van der Waals surface area contributed by atoms with Crippen LogP contribution in [0.3, 0.4) is 0 Å². The van der Waals surface area contributed by atoms with Gasteiger partial charge in [-0.15, -0.1) is 0 Å². The number of nitro benzene ring substituents is 2. The Kier molecular flexibility index (Phi) is 4.62. The summed E-state index contributed by atoms with van der Waals surface area (Å²) < 4.78 is 4.99. The Morgan fingerprint density at radius 1 is 1.14 bits per heavy atom. The van der Waals surface area contributed by atoms with Crippen LogP contribution in [-0.4, -0.2) is 22.2 Å². The molecule has 8 heteroatoms. The van der Waals surface area contributed by atoms with Crippen LogP contribution in [0, 0.1) is 20.2 Å². The highest BCUT2D eigenvalue weighted by atomic mass is 16.6. The Balaban J connectivity index is 3.55. The highest BCUT2D eigenvalue weighted by Crippen LogP contribution is 2.41. The molecule has 1 rings (SSSR count). The number of hydrogen-bond donors (Lipinski definition) is 0. The van der Waals surface area contributed by atoms with Gasteiger partial charge in [0.25, 0.3) is 5.75 Å². The van der Waals surface area contributed by atoms with Crippen LogP contribution in [0.25, 0.3) is 0 Å². The molecular formula is C13H16N2O6. The van der Waals surface area contributed by atoms with Crippen LogP contribution in [0.1, 0.15) is 33.3 Å². The smallest absolute Gasteiger partial charge is 0.318 e. The van der Waals surface area contributed by atoms with E-state index < -0.39 is 44.8 Å². The maximum absolute atomic E-state index is 11.1. The Hall–Kier alpha value is -2.51. The molecule has 0 unspecified atom stereocenters. The molecule has 0 saturated heterocycles. The molecule has 0 aromatic heterocycles.